The van der Waals surface area contributed by atoms with Gasteiger partial charge in [0.25, 0.3) is 5.91 Å². The first-order valence-corrected chi connectivity index (χ1v) is 9.67. The van der Waals surface area contributed by atoms with Gasteiger partial charge in [-0.1, -0.05) is 61.9 Å². The van der Waals surface area contributed by atoms with Crippen molar-refractivity contribution in [2.45, 2.75) is 46.3 Å². The molecule has 0 fully saturated rings. The summed E-state index contributed by atoms with van der Waals surface area (Å²) in [6.45, 7) is 7.08. The topological polar surface area (TPSA) is 84.5 Å². The van der Waals surface area contributed by atoms with Crippen LogP contribution in [0, 0.1) is 12.8 Å². The van der Waals surface area contributed by atoms with Crippen LogP contribution in [0.25, 0.3) is 0 Å². The Labute approximate surface area is 171 Å². The molecule has 0 aliphatic carbocycles. The molecule has 0 aliphatic heterocycles. The van der Waals surface area contributed by atoms with E-state index in [9.17, 15) is 14.4 Å². The molecule has 2 rings (SSSR count). The Hall–Kier alpha value is -3.15. The number of benzene rings is 2. The number of esters is 1. The number of carbonyl (C=O) groups excluding carboxylic acids is 3. The molecule has 0 aliphatic rings. The first-order chi connectivity index (χ1) is 13.8. The van der Waals surface area contributed by atoms with Gasteiger partial charge in [-0.15, -0.1) is 0 Å². The molecule has 0 saturated heterocycles. The Morgan fingerprint density at radius 2 is 1.55 bits per heavy atom. The van der Waals surface area contributed by atoms with Crippen molar-refractivity contribution in [3.63, 3.8) is 0 Å². The molecular weight excluding hydrogens is 368 g/mol. The van der Waals surface area contributed by atoms with E-state index < -0.39 is 24.0 Å². The molecule has 0 spiro atoms. The standard InChI is InChI=1S/C23H28N2O4/c1-15(2)21(25-20(26)14-18-8-6-5-7-9-18)23(28)29-17(4)22(27)24-19-12-10-16(3)11-13-19/h5-13,15,17,21H,14H2,1-4H3,(H,24,27)(H,25,26)/t17-,21+/m1/s1. The van der Waals surface area contributed by atoms with E-state index in [4.69, 9.17) is 4.74 Å². The highest BCUT2D eigenvalue weighted by Crippen LogP contribution is 2.11. The quantitative estimate of drug-likeness (QED) is 0.671. The van der Waals surface area contributed by atoms with Gasteiger partial charge < -0.3 is 15.4 Å². The molecule has 2 N–H and O–H groups in total. The fourth-order valence-electron chi connectivity index (χ4n) is 2.69. The molecule has 0 bridgehead atoms. The molecule has 0 unspecified atom stereocenters. The number of ether oxygens (including phenoxy) is 1. The van der Waals surface area contributed by atoms with Crippen LogP contribution in [0.3, 0.4) is 0 Å². The number of hydrogen-bond donors (Lipinski definition) is 2. The summed E-state index contributed by atoms with van der Waals surface area (Å²) in [4.78, 5) is 37.2. The Balaban J connectivity index is 1.92. The van der Waals surface area contributed by atoms with Crippen molar-refractivity contribution >= 4 is 23.5 Å². The van der Waals surface area contributed by atoms with Gasteiger partial charge in [0.05, 0.1) is 6.42 Å². The van der Waals surface area contributed by atoms with Gasteiger partial charge in [-0.05, 0) is 37.5 Å². The van der Waals surface area contributed by atoms with E-state index in [1.54, 1.807) is 12.1 Å². The largest absolute Gasteiger partial charge is 0.451 e. The average molecular weight is 396 g/mol. The maximum absolute atomic E-state index is 12.6. The number of rotatable bonds is 8. The predicted molar refractivity (Wildman–Crippen MR) is 112 cm³/mol. The van der Waals surface area contributed by atoms with E-state index in [2.05, 4.69) is 10.6 Å². The zero-order valence-corrected chi connectivity index (χ0v) is 17.3. The van der Waals surface area contributed by atoms with Gasteiger partial charge >= 0.3 is 5.97 Å². The van der Waals surface area contributed by atoms with Crippen LogP contribution in [-0.4, -0.2) is 29.9 Å². The minimum atomic E-state index is -0.990. The summed E-state index contributed by atoms with van der Waals surface area (Å²) in [5.74, 6) is -1.52. The lowest BCUT2D eigenvalue weighted by atomic mass is 10.0. The van der Waals surface area contributed by atoms with Gasteiger partial charge in [0.2, 0.25) is 5.91 Å². The Morgan fingerprint density at radius 3 is 2.14 bits per heavy atom. The van der Waals surface area contributed by atoms with Gasteiger partial charge in [-0.2, -0.15) is 0 Å². The van der Waals surface area contributed by atoms with Crippen molar-refractivity contribution in [1.29, 1.82) is 0 Å². The first-order valence-electron chi connectivity index (χ1n) is 9.67. The number of anilines is 1. The Bertz CT molecular complexity index is 832. The van der Waals surface area contributed by atoms with Gasteiger partial charge in [0.1, 0.15) is 6.04 Å². The van der Waals surface area contributed by atoms with E-state index >= 15 is 0 Å². The molecule has 6 heteroatoms. The van der Waals surface area contributed by atoms with Crippen LogP contribution in [0.2, 0.25) is 0 Å². The van der Waals surface area contributed by atoms with Crippen molar-refractivity contribution in [3.8, 4) is 0 Å². The summed E-state index contributed by atoms with van der Waals surface area (Å²) >= 11 is 0. The summed E-state index contributed by atoms with van der Waals surface area (Å²) in [6, 6.07) is 15.8. The molecule has 2 atom stereocenters. The molecule has 0 radical (unpaired) electrons. The third-order valence-electron chi connectivity index (χ3n) is 4.43. The van der Waals surface area contributed by atoms with Gasteiger partial charge in [0.15, 0.2) is 6.10 Å². The third-order valence-corrected chi connectivity index (χ3v) is 4.43. The van der Waals surface area contributed by atoms with Crippen LogP contribution in [0.5, 0.6) is 0 Å². The molecule has 2 amide bonds. The number of nitrogens with one attached hydrogen (secondary N) is 2. The van der Waals surface area contributed by atoms with Crippen LogP contribution in [-0.2, 0) is 25.5 Å². The SMILES string of the molecule is Cc1ccc(NC(=O)[C@@H](C)OC(=O)[C@@H](NC(=O)Cc2ccccc2)C(C)C)cc1. The number of hydrogen-bond acceptors (Lipinski definition) is 4. The van der Waals surface area contributed by atoms with Crippen LogP contribution in [0.4, 0.5) is 5.69 Å². The fraction of sp³-hybridized carbons (Fsp3) is 0.348. The van der Waals surface area contributed by atoms with Crippen molar-refractivity contribution in [2.24, 2.45) is 5.92 Å². The highest BCUT2D eigenvalue weighted by Gasteiger charge is 2.29. The molecular formula is C23H28N2O4. The highest BCUT2D eigenvalue weighted by molar-refractivity contribution is 5.95. The summed E-state index contributed by atoms with van der Waals surface area (Å²) in [5, 5.41) is 5.43. The minimum Gasteiger partial charge on any atom is -0.451 e. The predicted octanol–water partition coefficient (Wildman–Crippen LogP) is 3.25. The molecule has 154 valence electrons. The average Bonchev–Trinajstić information content (AvgIpc) is 2.68. The van der Waals surface area contributed by atoms with Crippen molar-refractivity contribution in [2.75, 3.05) is 5.32 Å². The van der Waals surface area contributed by atoms with E-state index in [0.29, 0.717) is 5.69 Å². The van der Waals surface area contributed by atoms with Crippen LogP contribution in [0.1, 0.15) is 31.9 Å². The van der Waals surface area contributed by atoms with Gasteiger partial charge in [-0.3, -0.25) is 9.59 Å². The monoisotopic (exact) mass is 396 g/mol. The minimum absolute atomic E-state index is 0.167. The van der Waals surface area contributed by atoms with E-state index in [1.807, 2.05) is 63.2 Å². The molecule has 0 heterocycles. The summed E-state index contributed by atoms with van der Waals surface area (Å²) in [6.07, 6.45) is -0.822. The molecule has 0 saturated carbocycles. The van der Waals surface area contributed by atoms with Crippen molar-refractivity contribution in [1.82, 2.24) is 5.32 Å². The van der Waals surface area contributed by atoms with Gasteiger partial charge in [-0.25, -0.2) is 4.79 Å². The van der Waals surface area contributed by atoms with E-state index in [1.165, 1.54) is 6.92 Å². The Kier molecular flexibility index (Phi) is 7.95. The van der Waals surface area contributed by atoms with E-state index in [0.717, 1.165) is 11.1 Å². The smallest absolute Gasteiger partial charge is 0.329 e. The van der Waals surface area contributed by atoms with Crippen molar-refractivity contribution in [3.05, 3.63) is 65.7 Å². The number of amides is 2. The van der Waals surface area contributed by atoms with Crippen LogP contribution in [0.15, 0.2) is 54.6 Å². The number of aryl methyl sites for hydroxylation is 1. The number of carbonyl (C=O) groups is 3. The summed E-state index contributed by atoms with van der Waals surface area (Å²) in [7, 11) is 0. The molecule has 6 nitrogen and oxygen atoms in total. The lowest BCUT2D eigenvalue weighted by Crippen LogP contribution is -2.47. The van der Waals surface area contributed by atoms with E-state index in [-0.39, 0.29) is 18.2 Å². The maximum Gasteiger partial charge on any atom is 0.329 e. The van der Waals surface area contributed by atoms with Gasteiger partial charge in [0, 0.05) is 5.69 Å². The van der Waals surface area contributed by atoms with Crippen LogP contribution >= 0.6 is 0 Å². The second-order valence-corrected chi connectivity index (χ2v) is 7.39. The lowest BCUT2D eigenvalue weighted by molar-refractivity contribution is -0.157. The molecule has 2 aromatic carbocycles. The second-order valence-electron chi connectivity index (χ2n) is 7.39. The normalized spacial score (nSPS) is 12.7. The maximum atomic E-state index is 12.6. The molecule has 2 aromatic rings. The molecule has 0 aromatic heterocycles. The van der Waals surface area contributed by atoms with Crippen molar-refractivity contribution < 1.29 is 19.1 Å². The zero-order valence-electron chi connectivity index (χ0n) is 17.3. The molecule has 29 heavy (non-hydrogen) atoms. The zero-order chi connectivity index (χ0) is 21.4. The fourth-order valence-corrected chi connectivity index (χ4v) is 2.69. The van der Waals surface area contributed by atoms with Crippen LogP contribution < -0.4 is 10.6 Å². The third kappa shape index (κ3) is 7.07. The second kappa shape index (κ2) is 10.4. The Morgan fingerprint density at radius 1 is 0.931 bits per heavy atom. The highest BCUT2D eigenvalue weighted by atomic mass is 16.5. The summed E-state index contributed by atoms with van der Waals surface area (Å²) in [5.41, 5.74) is 2.56. The lowest BCUT2D eigenvalue weighted by Gasteiger charge is -2.23. The summed E-state index contributed by atoms with van der Waals surface area (Å²) < 4.78 is 5.32. The first kappa shape index (κ1) is 22.1.